The first-order valence-corrected chi connectivity index (χ1v) is 5.10. The predicted octanol–water partition coefficient (Wildman–Crippen LogP) is 0.415. The summed E-state index contributed by atoms with van der Waals surface area (Å²) >= 11 is 0. The van der Waals surface area contributed by atoms with Crippen molar-refractivity contribution < 1.29 is 4.79 Å². The van der Waals surface area contributed by atoms with Gasteiger partial charge in [0.05, 0.1) is 0 Å². The first kappa shape index (κ1) is 9.20. The van der Waals surface area contributed by atoms with E-state index in [1.165, 1.54) is 21.9 Å². The number of benzene rings is 1. The van der Waals surface area contributed by atoms with Crippen molar-refractivity contribution in [3.63, 3.8) is 0 Å². The van der Waals surface area contributed by atoms with Crippen molar-refractivity contribution in [3.05, 3.63) is 28.3 Å². The third kappa shape index (κ3) is 1.34. The zero-order valence-electron chi connectivity index (χ0n) is 8.06. The fraction of sp³-hybridized carbons (Fsp3) is 0.300. The van der Waals surface area contributed by atoms with E-state index in [-0.39, 0.29) is 0 Å². The van der Waals surface area contributed by atoms with E-state index in [0.717, 1.165) is 22.1 Å². The Kier molecular flexibility index (Phi) is 2.48. The summed E-state index contributed by atoms with van der Waals surface area (Å²) in [4.78, 5) is 10.7. The fourth-order valence-electron chi connectivity index (χ4n) is 1.37. The van der Waals surface area contributed by atoms with Crippen LogP contribution in [0.5, 0.6) is 0 Å². The van der Waals surface area contributed by atoms with Gasteiger partial charge < -0.3 is 0 Å². The van der Waals surface area contributed by atoms with E-state index in [1.54, 1.807) is 0 Å². The molecule has 2 heteroatoms. The van der Waals surface area contributed by atoms with Crippen molar-refractivity contribution in [3.8, 4) is 0 Å². The Morgan fingerprint density at radius 1 is 1.25 bits per heavy atom. The summed E-state index contributed by atoms with van der Waals surface area (Å²) in [5.41, 5.74) is 4.60. The van der Waals surface area contributed by atoms with Crippen molar-refractivity contribution in [2.75, 3.05) is 0 Å². The van der Waals surface area contributed by atoms with Crippen LogP contribution in [0.15, 0.2) is 6.07 Å². The summed E-state index contributed by atoms with van der Waals surface area (Å²) in [6, 6.07) is 1.97. The lowest BCUT2D eigenvalue weighted by Gasteiger charge is -2.10. The fourth-order valence-corrected chi connectivity index (χ4v) is 2.05. The molecule has 0 aliphatic carbocycles. The standard InChI is InChI=1S/C10H14OSi/c1-6-4-9(5-11)8(3)10(12)7(6)2/h4-5H,1-3,12H3. The third-order valence-corrected chi connectivity index (χ3v) is 4.15. The summed E-state index contributed by atoms with van der Waals surface area (Å²) in [6.45, 7) is 6.21. The molecule has 12 heavy (non-hydrogen) atoms. The molecule has 1 rings (SSSR count). The highest BCUT2D eigenvalue weighted by molar-refractivity contribution is 6.34. The lowest BCUT2D eigenvalue weighted by atomic mass is 10.0. The van der Waals surface area contributed by atoms with Crippen LogP contribution >= 0.6 is 0 Å². The topological polar surface area (TPSA) is 17.1 Å². The Balaban J connectivity index is 3.49. The molecule has 0 fully saturated rings. The van der Waals surface area contributed by atoms with Gasteiger partial charge in [0.1, 0.15) is 6.29 Å². The highest BCUT2D eigenvalue weighted by atomic mass is 28.1. The van der Waals surface area contributed by atoms with Crippen molar-refractivity contribution in [2.24, 2.45) is 0 Å². The maximum atomic E-state index is 10.7. The van der Waals surface area contributed by atoms with Gasteiger partial charge in [0.2, 0.25) is 0 Å². The van der Waals surface area contributed by atoms with Crippen LogP contribution in [0.2, 0.25) is 0 Å². The predicted molar refractivity (Wildman–Crippen MR) is 55.6 cm³/mol. The van der Waals surface area contributed by atoms with Crippen LogP contribution in [-0.4, -0.2) is 16.5 Å². The normalized spacial score (nSPS) is 10.2. The molecule has 0 saturated heterocycles. The maximum absolute atomic E-state index is 10.7. The average molecular weight is 178 g/mol. The first-order chi connectivity index (χ1) is 5.57. The van der Waals surface area contributed by atoms with Crippen LogP contribution in [0.3, 0.4) is 0 Å². The third-order valence-electron chi connectivity index (χ3n) is 2.65. The molecule has 0 amide bonds. The zero-order chi connectivity index (χ0) is 9.30. The molecule has 0 bridgehead atoms. The summed E-state index contributed by atoms with van der Waals surface area (Å²) in [7, 11) is 1.02. The zero-order valence-corrected chi connectivity index (χ0v) is 10.1. The molecule has 0 N–H and O–H groups in total. The molecule has 0 unspecified atom stereocenters. The molecule has 0 saturated carbocycles. The van der Waals surface area contributed by atoms with E-state index in [2.05, 4.69) is 13.8 Å². The Morgan fingerprint density at radius 3 is 2.33 bits per heavy atom. The summed E-state index contributed by atoms with van der Waals surface area (Å²) in [6.07, 6.45) is 0.948. The highest BCUT2D eigenvalue weighted by Gasteiger charge is 2.04. The number of hydrogen-bond donors (Lipinski definition) is 0. The van der Waals surface area contributed by atoms with Crippen molar-refractivity contribution in [1.29, 1.82) is 0 Å². The quantitative estimate of drug-likeness (QED) is 0.450. The number of aldehydes is 1. The molecular formula is C10H14OSi. The van der Waals surface area contributed by atoms with E-state index in [1.807, 2.05) is 13.0 Å². The highest BCUT2D eigenvalue weighted by Crippen LogP contribution is 2.10. The van der Waals surface area contributed by atoms with Gasteiger partial charge in [-0.2, -0.15) is 0 Å². The minimum Gasteiger partial charge on any atom is -0.298 e. The van der Waals surface area contributed by atoms with Crippen molar-refractivity contribution in [1.82, 2.24) is 0 Å². The van der Waals surface area contributed by atoms with Crippen LogP contribution in [0.4, 0.5) is 0 Å². The SMILES string of the molecule is Cc1cc(C=O)c(C)c([SiH3])c1C. The summed E-state index contributed by atoms with van der Waals surface area (Å²) in [5.74, 6) is 0. The largest absolute Gasteiger partial charge is 0.298 e. The van der Waals surface area contributed by atoms with Crippen LogP contribution in [-0.2, 0) is 0 Å². The lowest BCUT2D eigenvalue weighted by Crippen LogP contribution is -2.15. The summed E-state index contributed by atoms with van der Waals surface area (Å²) in [5, 5.41) is 1.37. The minimum atomic E-state index is 0.850. The molecule has 1 aromatic carbocycles. The van der Waals surface area contributed by atoms with Gasteiger partial charge in [0, 0.05) is 15.8 Å². The second-order valence-corrected chi connectivity index (χ2v) is 4.28. The van der Waals surface area contributed by atoms with Gasteiger partial charge in [-0.1, -0.05) is 5.19 Å². The van der Waals surface area contributed by atoms with Gasteiger partial charge in [0.15, 0.2) is 0 Å². The molecule has 0 heterocycles. The Hall–Kier alpha value is -0.893. The van der Waals surface area contributed by atoms with Crippen LogP contribution < -0.4 is 5.19 Å². The molecule has 1 aromatic rings. The smallest absolute Gasteiger partial charge is 0.150 e. The molecule has 0 atom stereocenters. The molecule has 0 aliphatic heterocycles. The van der Waals surface area contributed by atoms with Gasteiger partial charge in [-0.25, -0.2) is 0 Å². The van der Waals surface area contributed by atoms with E-state index in [0.29, 0.717) is 0 Å². The number of rotatable bonds is 1. The maximum Gasteiger partial charge on any atom is 0.150 e. The minimum absolute atomic E-state index is 0.850. The second-order valence-electron chi connectivity index (χ2n) is 3.28. The van der Waals surface area contributed by atoms with Crippen LogP contribution in [0.1, 0.15) is 27.0 Å². The van der Waals surface area contributed by atoms with Gasteiger partial charge in [-0.15, -0.1) is 0 Å². The Morgan fingerprint density at radius 2 is 1.83 bits per heavy atom. The second kappa shape index (κ2) is 3.23. The van der Waals surface area contributed by atoms with Crippen molar-refractivity contribution >= 4 is 21.7 Å². The van der Waals surface area contributed by atoms with E-state index in [4.69, 9.17) is 0 Å². The molecule has 0 aromatic heterocycles. The van der Waals surface area contributed by atoms with Gasteiger partial charge in [-0.3, -0.25) is 4.79 Å². The first-order valence-electron chi connectivity index (χ1n) is 4.10. The number of hydrogen-bond acceptors (Lipinski definition) is 1. The Labute approximate surface area is 76.2 Å². The van der Waals surface area contributed by atoms with Crippen LogP contribution in [0.25, 0.3) is 0 Å². The average Bonchev–Trinajstić information content (AvgIpc) is 2.08. The van der Waals surface area contributed by atoms with E-state index >= 15 is 0 Å². The molecule has 0 spiro atoms. The van der Waals surface area contributed by atoms with E-state index in [9.17, 15) is 4.79 Å². The number of carbonyl (C=O) groups is 1. The molecule has 0 radical (unpaired) electrons. The molecule has 0 aliphatic rings. The van der Waals surface area contributed by atoms with Crippen molar-refractivity contribution in [2.45, 2.75) is 20.8 Å². The van der Waals surface area contributed by atoms with E-state index < -0.39 is 0 Å². The van der Waals surface area contributed by atoms with Gasteiger partial charge >= 0.3 is 0 Å². The molecule has 1 nitrogen and oxygen atoms in total. The number of carbonyl (C=O) groups excluding carboxylic acids is 1. The monoisotopic (exact) mass is 178 g/mol. The van der Waals surface area contributed by atoms with Gasteiger partial charge in [-0.05, 0) is 43.5 Å². The molecule has 64 valence electrons. The van der Waals surface area contributed by atoms with Crippen LogP contribution in [0, 0.1) is 20.8 Å². The van der Waals surface area contributed by atoms with Gasteiger partial charge in [0.25, 0.3) is 0 Å². The summed E-state index contributed by atoms with van der Waals surface area (Å²) < 4.78 is 0. The lowest BCUT2D eigenvalue weighted by molar-refractivity contribution is 0.112. The Bertz CT molecular complexity index is 329. The number of aryl methyl sites for hydroxylation is 1. The molecular weight excluding hydrogens is 164 g/mol.